The topological polar surface area (TPSA) is 78.1 Å². The zero-order valence-corrected chi connectivity index (χ0v) is 12.5. The molecule has 6 nitrogen and oxygen atoms in total. The van der Waals surface area contributed by atoms with E-state index in [4.69, 9.17) is 11.6 Å². The third-order valence-electron chi connectivity index (χ3n) is 4.59. The second-order valence-electron chi connectivity index (χ2n) is 5.86. The van der Waals surface area contributed by atoms with Crippen molar-refractivity contribution in [3.8, 4) is 0 Å². The molecule has 3 amide bonds. The number of anilines is 1. The second kappa shape index (κ2) is 4.98. The van der Waals surface area contributed by atoms with Crippen molar-refractivity contribution in [3.63, 3.8) is 0 Å². The van der Waals surface area contributed by atoms with Gasteiger partial charge in [-0.2, -0.15) is 5.10 Å². The third kappa shape index (κ3) is 1.98. The summed E-state index contributed by atoms with van der Waals surface area (Å²) in [4.78, 5) is 26.2. The highest BCUT2D eigenvalue weighted by Crippen LogP contribution is 2.38. The Hall–Kier alpha value is -2.08. The molecule has 1 aromatic heterocycles. The minimum absolute atomic E-state index is 0.00833. The number of urea groups is 1. The lowest BCUT2D eigenvalue weighted by molar-refractivity contribution is -0.126. The summed E-state index contributed by atoms with van der Waals surface area (Å²) >= 11 is 6.29. The van der Waals surface area contributed by atoms with Crippen LogP contribution in [0.3, 0.4) is 0 Å². The van der Waals surface area contributed by atoms with Crippen LogP contribution in [-0.2, 0) is 4.79 Å². The number of hydrogen-bond acceptors (Lipinski definition) is 3. The van der Waals surface area contributed by atoms with Gasteiger partial charge < -0.3 is 0 Å². The Labute approximate surface area is 131 Å². The summed E-state index contributed by atoms with van der Waals surface area (Å²) in [5, 5.41) is 10.3. The second-order valence-corrected chi connectivity index (χ2v) is 6.47. The number of halogens is 1. The van der Waals surface area contributed by atoms with Crippen LogP contribution in [-0.4, -0.2) is 33.6 Å². The van der Waals surface area contributed by atoms with Crippen LogP contribution in [0.15, 0.2) is 24.4 Å². The zero-order chi connectivity index (χ0) is 15.3. The quantitative estimate of drug-likeness (QED) is 0.792. The predicted octanol–water partition coefficient (Wildman–Crippen LogP) is 2.40. The van der Waals surface area contributed by atoms with Gasteiger partial charge >= 0.3 is 6.03 Å². The van der Waals surface area contributed by atoms with Gasteiger partial charge in [-0.05, 0) is 31.4 Å². The lowest BCUT2D eigenvalue weighted by atomic mass is 9.81. The Kier molecular flexibility index (Phi) is 3.07. The lowest BCUT2D eigenvalue weighted by Crippen LogP contribution is -2.62. The molecule has 0 radical (unpaired) electrons. The number of carbonyl (C=O) groups is 2. The molecule has 1 aliphatic carbocycles. The number of carbonyl (C=O) groups excluding carboxylic acids is 2. The summed E-state index contributed by atoms with van der Waals surface area (Å²) in [5.41, 5.74) is 1.62. The van der Waals surface area contributed by atoms with E-state index in [0.717, 1.165) is 23.0 Å². The average molecular weight is 319 g/mol. The van der Waals surface area contributed by atoms with Crippen molar-refractivity contribution in [3.05, 3.63) is 24.4 Å². The number of rotatable bonds is 1. The molecule has 4 rings (SSSR count). The Morgan fingerprint density at radius 2 is 2.14 bits per heavy atom. The van der Waals surface area contributed by atoms with Gasteiger partial charge in [-0.25, -0.2) is 4.79 Å². The van der Waals surface area contributed by atoms with Crippen LogP contribution in [0.4, 0.5) is 10.5 Å². The Morgan fingerprint density at radius 1 is 1.27 bits per heavy atom. The van der Waals surface area contributed by atoms with Crippen LogP contribution in [0.2, 0.25) is 0 Å². The molecule has 1 aliphatic heterocycles. The minimum Gasteiger partial charge on any atom is -0.289 e. The van der Waals surface area contributed by atoms with Gasteiger partial charge in [-0.1, -0.05) is 6.07 Å². The van der Waals surface area contributed by atoms with E-state index < -0.39 is 0 Å². The van der Waals surface area contributed by atoms with Crippen LogP contribution < -0.4 is 10.2 Å². The van der Waals surface area contributed by atoms with Gasteiger partial charge in [0.25, 0.3) is 0 Å². The van der Waals surface area contributed by atoms with E-state index in [1.807, 2.05) is 18.2 Å². The number of H-pyrrole nitrogens is 1. The maximum Gasteiger partial charge on any atom is 0.328 e. The Balaban J connectivity index is 1.82. The minimum atomic E-state index is -0.384. The van der Waals surface area contributed by atoms with E-state index in [2.05, 4.69) is 15.5 Å². The fraction of sp³-hybridized carbons (Fsp3) is 0.400. The van der Waals surface area contributed by atoms with Crippen LogP contribution in [0.1, 0.15) is 19.3 Å². The monoisotopic (exact) mass is 318 g/mol. The van der Waals surface area contributed by atoms with E-state index >= 15 is 0 Å². The molecule has 7 heteroatoms. The largest absolute Gasteiger partial charge is 0.328 e. The SMILES string of the molecule is O=C1NC(=O)N(c2cccc3[nH]ncc23)C2CC(Cl)CCC12. The number of nitrogens with one attached hydrogen (secondary N) is 2. The molecular formula is C15H15ClN4O2. The third-order valence-corrected chi connectivity index (χ3v) is 4.99. The molecule has 0 spiro atoms. The van der Waals surface area contributed by atoms with Crippen molar-refractivity contribution < 1.29 is 9.59 Å². The van der Waals surface area contributed by atoms with E-state index in [9.17, 15) is 9.59 Å². The molecule has 2 aliphatic rings. The maximum atomic E-state index is 12.5. The molecule has 3 unspecified atom stereocenters. The van der Waals surface area contributed by atoms with Crippen LogP contribution in [0.5, 0.6) is 0 Å². The molecule has 3 atom stereocenters. The zero-order valence-electron chi connectivity index (χ0n) is 11.8. The van der Waals surface area contributed by atoms with Crippen molar-refractivity contribution in [1.29, 1.82) is 0 Å². The van der Waals surface area contributed by atoms with E-state index in [-0.39, 0.29) is 29.3 Å². The fourth-order valence-corrected chi connectivity index (χ4v) is 3.86. The summed E-state index contributed by atoms with van der Waals surface area (Å²) < 4.78 is 0. The molecule has 22 heavy (non-hydrogen) atoms. The van der Waals surface area contributed by atoms with Crippen molar-refractivity contribution in [2.45, 2.75) is 30.7 Å². The van der Waals surface area contributed by atoms with Gasteiger partial charge in [0.05, 0.1) is 29.4 Å². The van der Waals surface area contributed by atoms with Crippen molar-refractivity contribution in [1.82, 2.24) is 15.5 Å². The van der Waals surface area contributed by atoms with Gasteiger partial charge in [0.1, 0.15) is 0 Å². The highest BCUT2D eigenvalue weighted by Gasteiger charge is 2.45. The molecule has 0 bridgehead atoms. The average Bonchev–Trinajstić information content (AvgIpc) is 2.96. The van der Waals surface area contributed by atoms with Gasteiger partial charge in [0, 0.05) is 10.8 Å². The predicted molar refractivity (Wildman–Crippen MR) is 82.9 cm³/mol. The molecule has 2 fully saturated rings. The van der Waals surface area contributed by atoms with Crippen molar-refractivity contribution in [2.24, 2.45) is 5.92 Å². The number of amides is 3. The smallest absolute Gasteiger partial charge is 0.289 e. The van der Waals surface area contributed by atoms with Crippen LogP contribution in [0.25, 0.3) is 10.9 Å². The summed E-state index contributed by atoms with van der Waals surface area (Å²) in [5.74, 6) is -0.385. The molecule has 1 saturated heterocycles. The molecule has 2 heterocycles. The number of hydrogen-bond donors (Lipinski definition) is 2. The van der Waals surface area contributed by atoms with Gasteiger partial charge in [-0.15, -0.1) is 11.6 Å². The Bertz CT molecular complexity index is 759. The molecule has 114 valence electrons. The first-order valence-electron chi connectivity index (χ1n) is 7.35. The number of aromatic amines is 1. The normalized spacial score (nSPS) is 28.6. The highest BCUT2D eigenvalue weighted by molar-refractivity contribution is 6.21. The molecule has 2 aromatic rings. The number of aromatic nitrogens is 2. The number of alkyl halides is 1. The van der Waals surface area contributed by atoms with E-state index in [0.29, 0.717) is 12.8 Å². The molecule has 1 aromatic carbocycles. The first-order valence-corrected chi connectivity index (χ1v) is 7.79. The van der Waals surface area contributed by atoms with Gasteiger partial charge in [0.15, 0.2) is 0 Å². The molecule has 1 saturated carbocycles. The highest BCUT2D eigenvalue weighted by atomic mass is 35.5. The maximum absolute atomic E-state index is 12.5. The number of imide groups is 1. The van der Waals surface area contributed by atoms with Crippen molar-refractivity contribution in [2.75, 3.05) is 4.90 Å². The van der Waals surface area contributed by atoms with E-state index in [1.54, 1.807) is 11.1 Å². The number of fused-ring (bicyclic) bond motifs is 2. The van der Waals surface area contributed by atoms with E-state index in [1.165, 1.54) is 0 Å². The standard InChI is InChI=1S/C15H15ClN4O2/c16-8-4-5-9-13(6-8)20(15(22)18-14(9)21)12-3-1-2-11-10(12)7-17-19-11/h1-3,7-9,13H,4-6H2,(H,17,19)(H,18,21,22). The summed E-state index contributed by atoms with van der Waals surface area (Å²) in [6.45, 7) is 0. The first kappa shape index (κ1) is 13.6. The van der Waals surface area contributed by atoms with Crippen LogP contribution in [0, 0.1) is 5.92 Å². The van der Waals surface area contributed by atoms with Crippen molar-refractivity contribution >= 4 is 40.1 Å². The summed E-state index contributed by atoms with van der Waals surface area (Å²) in [6.07, 6.45) is 3.83. The van der Waals surface area contributed by atoms with Crippen LogP contribution >= 0.6 is 11.6 Å². The van der Waals surface area contributed by atoms with Gasteiger partial charge in [0.2, 0.25) is 5.91 Å². The summed E-state index contributed by atoms with van der Waals surface area (Å²) in [7, 11) is 0. The fourth-order valence-electron chi connectivity index (χ4n) is 3.55. The Morgan fingerprint density at radius 3 is 3.00 bits per heavy atom. The first-order chi connectivity index (χ1) is 10.6. The molecule has 2 N–H and O–H groups in total. The molecular weight excluding hydrogens is 304 g/mol. The van der Waals surface area contributed by atoms with Gasteiger partial charge in [-0.3, -0.25) is 20.1 Å². The number of nitrogens with zero attached hydrogens (tertiary/aromatic N) is 2. The lowest BCUT2D eigenvalue weighted by Gasteiger charge is -2.44. The summed E-state index contributed by atoms with van der Waals surface area (Å²) in [6, 6.07) is 5.07. The number of benzene rings is 1.